The number of carbonyl (C=O) groups is 1. The van der Waals surface area contributed by atoms with Gasteiger partial charge in [0.15, 0.2) is 32.2 Å². The van der Waals surface area contributed by atoms with E-state index in [1.54, 1.807) is 0 Å². The summed E-state index contributed by atoms with van der Waals surface area (Å²) >= 11 is 0. The van der Waals surface area contributed by atoms with Crippen LogP contribution in [0.15, 0.2) is 35.5 Å². The maximum atomic E-state index is 13.5. The van der Waals surface area contributed by atoms with Crippen LogP contribution in [0, 0.1) is 0 Å². The summed E-state index contributed by atoms with van der Waals surface area (Å²) in [6.07, 6.45) is -8.08. The smallest absolute Gasteiger partial charge is 0.462 e. The first-order chi connectivity index (χ1) is 16.8. The Hall–Kier alpha value is -3.62. The molecule has 0 radical (unpaired) electrons. The van der Waals surface area contributed by atoms with E-state index in [2.05, 4.69) is 19.8 Å². The van der Waals surface area contributed by atoms with Gasteiger partial charge in [-0.3, -0.25) is 4.40 Å². The minimum Gasteiger partial charge on any atom is -0.462 e. The van der Waals surface area contributed by atoms with E-state index in [1.807, 2.05) is 0 Å². The van der Waals surface area contributed by atoms with Crippen molar-refractivity contribution in [1.82, 2.24) is 9.38 Å². The average Bonchev–Trinajstić information content (AvgIpc) is 3.31. The molecule has 3 heterocycles. The molecule has 15 heteroatoms. The second-order valence-electron chi connectivity index (χ2n) is 7.51. The van der Waals surface area contributed by atoms with Crippen molar-refractivity contribution in [3.63, 3.8) is 0 Å². The number of anilines is 1. The topological polar surface area (TPSA) is 108 Å². The van der Waals surface area contributed by atoms with Crippen LogP contribution in [0.4, 0.5) is 27.8 Å². The second kappa shape index (κ2) is 8.80. The van der Waals surface area contributed by atoms with Crippen molar-refractivity contribution in [2.45, 2.75) is 37.9 Å². The minimum atomic E-state index is -4.73. The molecular weight excluding hydrogens is 517 g/mol. The summed E-state index contributed by atoms with van der Waals surface area (Å²) in [5.41, 5.74) is -1.30. The van der Waals surface area contributed by atoms with Gasteiger partial charge in [0, 0.05) is 12.7 Å². The van der Waals surface area contributed by atoms with Gasteiger partial charge in [-0.1, -0.05) is 6.92 Å². The zero-order valence-electron chi connectivity index (χ0n) is 18.7. The summed E-state index contributed by atoms with van der Waals surface area (Å²) in [7, 11) is -4.10. The quantitative estimate of drug-likeness (QED) is 0.353. The molecule has 194 valence electrons. The molecule has 2 aromatic heterocycles. The number of nitrogens with zero attached hydrogens (tertiary/aromatic N) is 2. The molecule has 0 amide bonds. The Morgan fingerprint density at radius 1 is 1.17 bits per heavy atom. The van der Waals surface area contributed by atoms with Crippen molar-refractivity contribution in [3.8, 4) is 11.5 Å². The molecule has 1 N–H and O–H groups in total. The SMILES string of the molecule is CCOC(=O)c1cc2c(cc1CNc1nc3ccc(C(F)(F)F)cn3c1S(=O)(=O)CC)OC(F)(F)O2. The Morgan fingerprint density at radius 2 is 1.83 bits per heavy atom. The molecular formula is C21H18F5N3O6S. The van der Waals surface area contributed by atoms with Gasteiger partial charge < -0.3 is 19.5 Å². The first-order valence-electron chi connectivity index (χ1n) is 10.4. The van der Waals surface area contributed by atoms with E-state index in [0.29, 0.717) is 6.20 Å². The lowest BCUT2D eigenvalue weighted by molar-refractivity contribution is -0.286. The first-order valence-corrected chi connectivity index (χ1v) is 12.1. The molecule has 1 aromatic carbocycles. The molecule has 0 saturated carbocycles. The van der Waals surface area contributed by atoms with E-state index >= 15 is 0 Å². The zero-order chi connectivity index (χ0) is 26.5. The molecule has 0 atom stereocenters. The van der Waals surface area contributed by atoms with E-state index in [4.69, 9.17) is 4.74 Å². The summed E-state index contributed by atoms with van der Waals surface area (Å²) in [6.45, 7) is 2.47. The predicted molar refractivity (Wildman–Crippen MR) is 114 cm³/mol. The summed E-state index contributed by atoms with van der Waals surface area (Å²) in [6, 6.07) is 3.84. The highest BCUT2D eigenvalue weighted by Gasteiger charge is 2.44. The summed E-state index contributed by atoms with van der Waals surface area (Å²) in [5, 5.41) is 2.15. The molecule has 0 spiro atoms. The molecule has 0 fully saturated rings. The molecule has 0 unspecified atom stereocenters. The number of benzene rings is 1. The monoisotopic (exact) mass is 535 g/mol. The molecule has 1 aliphatic heterocycles. The van der Waals surface area contributed by atoms with Crippen LogP contribution in [0.5, 0.6) is 11.5 Å². The fourth-order valence-corrected chi connectivity index (χ4v) is 4.63. The standard InChI is InChI=1S/C21H18F5N3O6S/c1-3-33-19(30)13-8-15-14(34-21(25,26)35-15)7-11(13)9-27-17-18(36(31,32)4-2)29-10-12(20(22,23)24)5-6-16(29)28-17/h5-8,10,27H,3-4,9H2,1-2H3. The average molecular weight is 535 g/mol. The van der Waals surface area contributed by atoms with Crippen LogP contribution in [0.25, 0.3) is 5.65 Å². The number of carbonyl (C=O) groups excluding carboxylic acids is 1. The summed E-state index contributed by atoms with van der Waals surface area (Å²) < 4.78 is 107. The van der Waals surface area contributed by atoms with Crippen LogP contribution in [-0.2, 0) is 27.3 Å². The van der Waals surface area contributed by atoms with Crippen molar-refractivity contribution >= 4 is 27.3 Å². The van der Waals surface area contributed by atoms with Gasteiger partial charge in [-0.15, -0.1) is 8.78 Å². The number of pyridine rings is 1. The van der Waals surface area contributed by atoms with E-state index in [0.717, 1.165) is 28.7 Å². The van der Waals surface area contributed by atoms with Crippen molar-refractivity contribution in [1.29, 1.82) is 0 Å². The summed E-state index contributed by atoms with van der Waals surface area (Å²) in [4.78, 5) is 16.5. The number of hydrogen-bond donors (Lipinski definition) is 1. The lowest BCUT2D eigenvalue weighted by Gasteiger charge is -2.12. The number of ether oxygens (including phenoxy) is 3. The predicted octanol–water partition coefficient (Wildman–Crippen LogP) is 4.26. The highest BCUT2D eigenvalue weighted by molar-refractivity contribution is 7.91. The number of halogens is 5. The molecule has 4 rings (SSSR count). The lowest BCUT2D eigenvalue weighted by Crippen LogP contribution is -2.25. The van der Waals surface area contributed by atoms with Crippen LogP contribution in [0.1, 0.15) is 35.3 Å². The number of alkyl halides is 5. The van der Waals surface area contributed by atoms with Gasteiger partial charge in [0.2, 0.25) is 0 Å². The van der Waals surface area contributed by atoms with E-state index < -0.39 is 50.4 Å². The van der Waals surface area contributed by atoms with Crippen LogP contribution in [0.3, 0.4) is 0 Å². The van der Waals surface area contributed by atoms with Gasteiger partial charge in [0.25, 0.3) is 0 Å². The van der Waals surface area contributed by atoms with E-state index in [9.17, 15) is 35.2 Å². The van der Waals surface area contributed by atoms with Crippen molar-refractivity contribution in [3.05, 3.63) is 47.2 Å². The molecule has 0 bridgehead atoms. The number of rotatable bonds is 7. The Morgan fingerprint density at radius 3 is 2.44 bits per heavy atom. The van der Waals surface area contributed by atoms with Gasteiger partial charge in [0.05, 0.1) is 23.5 Å². The number of sulfone groups is 1. The lowest BCUT2D eigenvalue weighted by atomic mass is 10.1. The maximum Gasteiger partial charge on any atom is 0.586 e. The van der Waals surface area contributed by atoms with Crippen molar-refractivity contribution in [2.24, 2.45) is 0 Å². The second-order valence-corrected chi connectivity index (χ2v) is 9.70. The number of hydrogen-bond acceptors (Lipinski definition) is 8. The number of nitrogens with one attached hydrogen (secondary N) is 1. The van der Waals surface area contributed by atoms with Gasteiger partial charge in [-0.05, 0) is 36.8 Å². The third-order valence-corrected chi connectivity index (χ3v) is 6.88. The fraction of sp³-hybridized carbons (Fsp3) is 0.333. The molecule has 1 aliphatic rings. The van der Waals surface area contributed by atoms with E-state index in [-0.39, 0.29) is 41.5 Å². The van der Waals surface area contributed by atoms with Crippen LogP contribution in [0.2, 0.25) is 0 Å². The molecule has 3 aromatic rings. The highest BCUT2D eigenvalue weighted by atomic mass is 32.2. The molecule has 0 aliphatic carbocycles. The van der Waals surface area contributed by atoms with Crippen LogP contribution >= 0.6 is 0 Å². The summed E-state index contributed by atoms with van der Waals surface area (Å²) in [5.74, 6) is -2.40. The Bertz CT molecular complexity index is 1450. The Labute approximate surface area is 200 Å². The van der Waals surface area contributed by atoms with Crippen molar-refractivity contribution < 1.29 is 49.4 Å². The minimum absolute atomic E-state index is 0.0246. The molecule has 36 heavy (non-hydrogen) atoms. The van der Waals surface area contributed by atoms with Gasteiger partial charge >= 0.3 is 18.4 Å². The van der Waals surface area contributed by atoms with Gasteiger partial charge in [-0.25, -0.2) is 18.2 Å². The van der Waals surface area contributed by atoms with Crippen molar-refractivity contribution in [2.75, 3.05) is 17.7 Å². The first kappa shape index (κ1) is 25.5. The Balaban J connectivity index is 1.78. The van der Waals surface area contributed by atoms with Gasteiger partial charge in [0.1, 0.15) is 5.65 Å². The largest absolute Gasteiger partial charge is 0.586 e. The van der Waals surface area contributed by atoms with Gasteiger partial charge in [-0.2, -0.15) is 13.2 Å². The number of imidazole rings is 1. The third kappa shape index (κ3) is 4.74. The third-order valence-electron chi connectivity index (χ3n) is 5.15. The number of fused-ring (bicyclic) bond motifs is 2. The molecule has 9 nitrogen and oxygen atoms in total. The van der Waals surface area contributed by atoms with E-state index in [1.165, 1.54) is 13.8 Å². The maximum absolute atomic E-state index is 13.5. The normalized spacial score (nSPS) is 14.8. The fourth-order valence-electron chi connectivity index (χ4n) is 3.50. The molecule has 0 saturated heterocycles. The highest BCUT2D eigenvalue weighted by Crippen LogP contribution is 2.43. The van der Waals surface area contributed by atoms with Crippen LogP contribution < -0.4 is 14.8 Å². The van der Waals surface area contributed by atoms with Crippen LogP contribution in [-0.4, -0.2) is 42.4 Å². The number of esters is 1. The Kier molecular flexibility index (Phi) is 6.22. The number of aromatic nitrogens is 2. The zero-order valence-corrected chi connectivity index (χ0v) is 19.5.